The Labute approximate surface area is 82.2 Å². The maximum Gasteiger partial charge on any atom is 0.126 e. The van der Waals surface area contributed by atoms with Crippen LogP contribution in [0.4, 0.5) is 4.39 Å². The van der Waals surface area contributed by atoms with E-state index in [0.717, 1.165) is 11.3 Å². The van der Waals surface area contributed by atoms with Crippen molar-refractivity contribution >= 4 is 0 Å². The summed E-state index contributed by atoms with van der Waals surface area (Å²) in [6.45, 7) is 1.75. The van der Waals surface area contributed by atoms with Gasteiger partial charge < -0.3 is 0 Å². The minimum absolute atomic E-state index is 0.176. The molecule has 0 atom stereocenters. The monoisotopic (exact) mass is 187 g/mol. The van der Waals surface area contributed by atoms with Crippen molar-refractivity contribution in [1.29, 1.82) is 0 Å². The maximum atomic E-state index is 13.0. The average Bonchev–Trinajstić information content (AvgIpc) is 2.23. The van der Waals surface area contributed by atoms with E-state index in [1.54, 1.807) is 25.3 Å². The zero-order valence-corrected chi connectivity index (χ0v) is 7.87. The molecule has 0 fully saturated rings. The summed E-state index contributed by atoms with van der Waals surface area (Å²) in [5.74, 6) is -0.176. The molecule has 2 rings (SSSR count). The predicted molar refractivity (Wildman–Crippen MR) is 54.4 cm³/mol. The molecular weight excluding hydrogens is 177 g/mol. The summed E-state index contributed by atoms with van der Waals surface area (Å²) in [4.78, 5) is 4.20. The first-order valence-corrected chi connectivity index (χ1v) is 4.45. The lowest BCUT2D eigenvalue weighted by Gasteiger charge is -2.02. The predicted octanol–water partition coefficient (Wildman–Crippen LogP) is 3.20. The molecule has 14 heavy (non-hydrogen) atoms. The summed E-state index contributed by atoms with van der Waals surface area (Å²) in [5, 5.41) is 0. The van der Waals surface area contributed by atoms with Crippen molar-refractivity contribution in [2.45, 2.75) is 6.92 Å². The normalized spacial score (nSPS) is 10.1. The van der Waals surface area contributed by atoms with E-state index in [9.17, 15) is 4.39 Å². The zero-order valence-electron chi connectivity index (χ0n) is 7.87. The molecule has 0 radical (unpaired) electrons. The highest BCUT2D eigenvalue weighted by Gasteiger charge is 2.01. The van der Waals surface area contributed by atoms with Gasteiger partial charge in [-0.05, 0) is 42.8 Å². The van der Waals surface area contributed by atoms with Crippen LogP contribution in [0.2, 0.25) is 0 Å². The fraction of sp³-hybridized carbons (Fsp3) is 0.0833. The molecule has 0 amide bonds. The van der Waals surface area contributed by atoms with Gasteiger partial charge in [-0.15, -0.1) is 0 Å². The van der Waals surface area contributed by atoms with Gasteiger partial charge in [0.05, 0.1) is 5.69 Å². The van der Waals surface area contributed by atoms with Gasteiger partial charge in [0.15, 0.2) is 0 Å². The molecule has 2 heteroatoms. The summed E-state index contributed by atoms with van der Waals surface area (Å²) in [7, 11) is 0. The van der Waals surface area contributed by atoms with E-state index >= 15 is 0 Å². The Hall–Kier alpha value is -1.70. The minimum Gasteiger partial charge on any atom is -0.256 e. The second-order valence-electron chi connectivity index (χ2n) is 3.18. The quantitative estimate of drug-likeness (QED) is 0.668. The van der Waals surface area contributed by atoms with Crippen LogP contribution < -0.4 is 0 Å². The SMILES string of the molecule is Cc1cc(-c2ccccn2)ccc1F. The van der Waals surface area contributed by atoms with Crippen LogP contribution >= 0.6 is 0 Å². The molecule has 0 unspecified atom stereocenters. The Morgan fingerprint density at radius 1 is 1.14 bits per heavy atom. The lowest BCUT2D eigenvalue weighted by atomic mass is 10.1. The van der Waals surface area contributed by atoms with Crippen molar-refractivity contribution in [2.75, 3.05) is 0 Å². The largest absolute Gasteiger partial charge is 0.256 e. The molecule has 0 aliphatic heterocycles. The first-order valence-electron chi connectivity index (χ1n) is 4.45. The van der Waals surface area contributed by atoms with Gasteiger partial charge in [0.1, 0.15) is 5.82 Å². The lowest BCUT2D eigenvalue weighted by molar-refractivity contribution is 0.619. The molecule has 0 bridgehead atoms. The van der Waals surface area contributed by atoms with Crippen molar-refractivity contribution in [1.82, 2.24) is 4.98 Å². The third-order valence-electron chi connectivity index (χ3n) is 2.12. The standard InChI is InChI=1S/C12H10FN/c1-9-8-10(5-6-11(9)13)12-4-2-3-7-14-12/h2-8H,1H3. The van der Waals surface area contributed by atoms with Crippen LogP contribution in [0.15, 0.2) is 42.6 Å². The van der Waals surface area contributed by atoms with Crippen LogP contribution in [0.5, 0.6) is 0 Å². The Bertz CT molecular complexity index is 437. The van der Waals surface area contributed by atoms with Gasteiger partial charge in [-0.1, -0.05) is 6.07 Å². The average molecular weight is 187 g/mol. The number of benzene rings is 1. The molecule has 0 N–H and O–H groups in total. The van der Waals surface area contributed by atoms with Crippen LogP contribution in [-0.4, -0.2) is 4.98 Å². The molecular formula is C12H10FN. The van der Waals surface area contributed by atoms with Gasteiger partial charge in [0, 0.05) is 11.8 Å². The van der Waals surface area contributed by atoms with Gasteiger partial charge in [0.25, 0.3) is 0 Å². The Kier molecular flexibility index (Phi) is 2.27. The molecule has 70 valence electrons. The van der Waals surface area contributed by atoms with Crippen molar-refractivity contribution in [3.63, 3.8) is 0 Å². The molecule has 0 aliphatic rings. The van der Waals surface area contributed by atoms with Crippen LogP contribution in [0.3, 0.4) is 0 Å². The van der Waals surface area contributed by atoms with Gasteiger partial charge >= 0.3 is 0 Å². The number of pyridine rings is 1. The van der Waals surface area contributed by atoms with Crippen molar-refractivity contribution in [3.8, 4) is 11.3 Å². The molecule has 1 nitrogen and oxygen atoms in total. The van der Waals surface area contributed by atoms with Crippen LogP contribution in [0.1, 0.15) is 5.56 Å². The van der Waals surface area contributed by atoms with E-state index in [2.05, 4.69) is 4.98 Å². The molecule has 0 aliphatic carbocycles. The van der Waals surface area contributed by atoms with E-state index in [1.807, 2.05) is 18.2 Å². The zero-order chi connectivity index (χ0) is 9.97. The Morgan fingerprint density at radius 2 is 2.00 bits per heavy atom. The summed E-state index contributed by atoms with van der Waals surface area (Å²) < 4.78 is 13.0. The fourth-order valence-corrected chi connectivity index (χ4v) is 1.34. The van der Waals surface area contributed by atoms with E-state index in [1.165, 1.54) is 6.07 Å². The van der Waals surface area contributed by atoms with Crippen molar-refractivity contribution < 1.29 is 4.39 Å². The lowest BCUT2D eigenvalue weighted by Crippen LogP contribution is -1.86. The number of halogens is 1. The van der Waals surface area contributed by atoms with E-state index in [0.29, 0.717) is 5.56 Å². The van der Waals surface area contributed by atoms with Crippen LogP contribution in [-0.2, 0) is 0 Å². The highest BCUT2D eigenvalue weighted by atomic mass is 19.1. The van der Waals surface area contributed by atoms with Gasteiger partial charge in [-0.25, -0.2) is 4.39 Å². The molecule has 1 aromatic carbocycles. The summed E-state index contributed by atoms with van der Waals surface area (Å²) in [5.41, 5.74) is 2.47. The van der Waals surface area contributed by atoms with Crippen LogP contribution in [0, 0.1) is 12.7 Å². The molecule has 2 aromatic rings. The first-order chi connectivity index (χ1) is 6.77. The summed E-state index contributed by atoms with van der Waals surface area (Å²) >= 11 is 0. The Morgan fingerprint density at radius 3 is 2.64 bits per heavy atom. The van der Waals surface area contributed by atoms with E-state index in [4.69, 9.17) is 0 Å². The maximum absolute atomic E-state index is 13.0. The number of aromatic nitrogens is 1. The fourth-order valence-electron chi connectivity index (χ4n) is 1.34. The first kappa shape index (κ1) is 8.88. The van der Waals surface area contributed by atoms with E-state index in [-0.39, 0.29) is 5.82 Å². The molecule has 1 aromatic heterocycles. The van der Waals surface area contributed by atoms with Crippen molar-refractivity contribution in [3.05, 3.63) is 54.0 Å². The Balaban J connectivity index is 2.48. The molecule has 1 heterocycles. The van der Waals surface area contributed by atoms with Gasteiger partial charge in [-0.3, -0.25) is 4.98 Å². The summed E-state index contributed by atoms with van der Waals surface area (Å²) in [6, 6.07) is 10.7. The number of rotatable bonds is 1. The van der Waals surface area contributed by atoms with Gasteiger partial charge in [-0.2, -0.15) is 0 Å². The number of hydrogen-bond donors (Lipinski definition) is 0. The third kappa shape index (κ3) is 1.64. The van der Waals surface area contributed by atoms with Crippen molar-refractivity contribution in [2.24, 2.45) is 0 Å². The molecule has 0 saturated carbocycles. The second kappa shape index (κ2) is 3.58. The smallest absolute Gasteiger partial charge is 0.126 e. The molecule has 0 spiro atoms. The van der Waals surface area contributed by atoms with E-state index < -0.39 is 0 Å². The number of hydrogen-bond acceptors (Lipinski definition) is 1. The number of nitrogens with zero attached hydrogens (tertiary/aromatic N) is 1. The van der Waals surface area contributed by atoms with Gasteiger partial charge in [0.2, 0.25) is 0 Å². The van der Waals surface area contributed by atoms with Crippen LogP contribution in [0.25, 0.3) is 11.3 Å². The minimum atomic E-state index is -0.176. The molecule has 0 saturated heterocycles. The highest BCUT2D eigenvalue weighted by Crippen LogP contribution is 2.18. The third-order valence-corrected chi connectivity index (χ3v) is 2.12. The highest BCUT2D eigenvalue weighted by molar-refractivity contribution is 5.59. The number of aryl methyl sites for hydroxylation is 1. The summed E-state index contributed by atoms with van der Waals surface area (Å²) in [6.07, 6.45) is 1.73. The topological polar surface area (TPSA) is 12.9 Å². The second-order valence-corrected chi connectivity index (χ2v) is 3.18.